The average Bonchev–Trinajstić information content (AvgIpc) is 3.33. The first-order chi connectivity index (χ1) is 29.8. The molecule has 0 spiro atoms. The van der Waals surface area contributed by atoms with Crippen LogP contribution in [0.15, 0.2) is 273 Å². The minimum atomic E-state index is -1.39. The zero-order valence-corrected chi connectivity index (χ0v) is 40.4. The number of hydrogen-bond acceptors (Lipinski definition) is 1. The van der Waals surface area contributed by atoms with E-state index in [0.717, 1.165) is 0 Å². The first-order valence-corrected chi connectivity index (χ1v) is 29.0. The fourth-order valence-electron chi connectivity index (χ4n) is 6.54. The van der Waals surface area contributed by atoms with E-state index in [4.69, 9.17) is 4.79 Å². The molecular formula is C55H46As3ORh. The van der Waals surface area contributed by atoms with E-state index in [1.54, 1.807) is 0 Å². The normalized spacial score (nSPS) is 10.3. The van der Waals surface area contributed by atoms with Crippen molar-refractivity contribution < 1.29 is 23.1 Å². The monoisotopic (exact) mass is 1050 g/mol. The maximum atomic E-state index is 8.76. The molecule has 0 N–H and O–H groups in total. The summed E-state index contributed by atoms with van der Waals surface area (Å²) in [6.45, 7) is 0. The minimum absolute atomic E-state index is 0.640. The molecule has 9 aromatic carbocycles. The molecule has 9 aromatic rings. The molecule has 9 rings (SSSR count). The summed E-state index contributed by atoms with van der Waals surface area (Å²) in [4.78, 5) is 9.40. The Hall–Kier alpha value is -5.05. The molecule has 0 aliphatic carbocycles. The Morgan fingerprint density at radius 1 is 0.217 bits per heavy atom. The third-order valence-electron chi connectivity index (χ3n) is 9.13. The Morgan fingerprint density at radius 2 is 0.300 bits per heavy atom. The van der Waals surface area contributed by atoms with Crippen LogP contribution in [-0.2, 0) is 23.1 Å². The van der Waals surface area contributed by atoms with Crippen LogP contribution in [0.3, 0.4) is 0 Å². The van der Waals surface area contributed by atoms with Gasteiger partial charge in [-0.25, -0.2) is 0 Å². The Kier molecular flexibility index (Phi) is 18.9. The first kappa shape index (κ1) is 44.5. The second-order valence-corrected chi connectivity index (χ2v) is 27.5. The first-order valence-electron chi connectivity index (χ1n) is 19.6. The third-order valence-corrected chi connectivity index (χ3v) is 24.5. The van der Waals surface area contributed by atoms with Crippen LogP contribution in [0.5, 0.6) is 0 Å². The van der Waals surface area contributed by atoms with Crippen molar-refractivity contribution >= 4 is 88.0 Å². The Bertz CT molecular complexity index is 1920. The summed E-state index contributed by atoms with van der Waals surface area (Å²) < 4.78 is 13.3. The van der Waals surface area contributed by atoms with E-state index >= 15 is 0 Å². The summed E-state index contributed by atoms with van der Waals surface area (Å²) in [5.41, 5.74) is 0. The number of hydrogen-bond donors (Lipinski definition) is 0. The van der Waals surface area contributed by atoms with Gasteiger partial charge in [0.2, 0.25) is 0 Å². The molecule has 0 saturated carbocycles. The predicted octanol–water partition coefficient (Wildman–Crippen LogP) is 6.33. The van der Waals surface area contributed by atoms with Crippen molar-refractivity contribution in [3.8, 4) is 0 Å². The molecule has 0 bridgehead atoms. The summed E-state index contributed by atoms with van der Waals surface area (Å²) in [6, 6.07) is 98.1. The van der Waals surface area contributed by atoms with E-state index in [-0.39, 0.29) is 0 Å². The van der Waals surface area contributed by atoms with Gasteiger partial charge in [0.1, 0.15) is 0 Å². The van der Waals surface area contributed by atoms with Crippen LogP contribution < -0.4 is 39.2 Å². The molecule has 0 aromatic heterocycles. The maximum absolute atomic E-state index is 8.76. The molecule has 0 amide bonds. The van der Waals surface area contributed by atoms with Crippen molar-refractivity contribution in [2.24, 2.45) is 0 Å². The molecule has 60 heavy (non-hydrogen) atoms. The molecule has 5 heteroatoms. The zero-order chi connectivity index (χ0) is 41.5. The van der Waals surface area contributed by atoms with Crippen molar-refractivity contribution in [3.63, 3.8) is 0 Å². The summed E-state index contributed by atoms with van der Waals surface area (Å²) in [5.74, 6) is 0. The van der Waals surface area contributed by atoms with Crippen LogP contribution >= 0.6 is 0 Å². The number of rotatable bonds is 9. The van der Waals surface area contributed by atoms with E-state index in [2.05, 4.69) is 273 Å². The number of benzene rings is 9. The number of carbonyl (C=O) groups excluding carboxylic acids is 1. The van der Waals surface area contributed by atoms with Crippen molar-refractivity contribution in [2.45, 2.75) is 0 Å². The van der Waals surface area contributed by atoms with Gasteiger partial charge in [-0.1, -0.05) is 0 Å². The van der Waals surface area contributed by atoms with Gasteiger partial charge in [0.05, 0.1) is 0 Å². The molecule has 0 unspecified atom stereocenters. The Labute approximate surface area is 380 Å². The molecule has 0 aliphatic heterocycles. The van der Waals surface area contributed by atoms with Crippen LogP contribution in [0, 0.1) is 0 Å². The van der Waals surface area contributed by atoms with Gasteiger partial charge < -0.3 is 0 Å². The van der Waals surface area contributed by atoms with Gasteiger partial charge >= 0.3 is 384 Å². The molecule has 0 fully saturated rings. The van der Waals surface area contributed by atoms with Gasteiger partial charge in [-0.15, -0.1) is 0 Å². The van der Waals surface area contributed by atoms with Crippen LogP contribution in [0.2, 0.25) is 0 Å². The second kappa shape index (κ2) is 25.5. The quantitative estimate of drug-likeness (QED) is 0.122. The Balaban J connectivity index is 0.000000146. The van der Waals surface area contributed by atoms with Crippen LogP contribution in [0.4, 0.5) is 0 Å². The van der Waals surface area contributed by atoms with Gasteiger partial charge in [-0.05, 0) is 0 Å². The molecule has 0 saturated heterocycles. The molecule has 296 valence electrons. The van der Waals surface area contributed by atoms with Gasteiger partial charge in [0.15, 0.2) is 0 Å². The number of carbonyl (C=O) groups is 1. The van der Waals surface area contributed by atoms with Crippen LogP contribution in [0.25, 0.3) is 0 Å². The second-order valence-electron chi connectivity index (χ2n) is 13.1. The van der Waals surface area contributed by atoms with Crippen molar-refractivity contribution in [3.05, 3.63) is 273 Å². The molecule has 1 nitrogen and oxygen atoms in total. The molecular weight excluding hydrogens is 1000 g/mol. The molecule has 0 atom stereocenters. The summed E-state index contributed by atoms with van der Waals surface area (Å²) in [6.07, 6.45) is 0. The summed E-state index contributed by atoms with van der Waals surface area (Å²) >= 11 is -2.13. The van der Waals surface area contributed by atoms with E-state index in [9.17, 15) is 0 Å². The SMILES string of the molecule is O=[CH][Rh].c1ccc([As](c2ccccc2)c2ccccc2)cc1.c1ccc([As](c2ccccc2)c2ccccc2)cc1.c1ccc([As](c2ccccc2)c2ccccc2)cc1. The standard InChI is InChI=1S/3C18H15As.CHO.Rh/c3*1-4-10-16(11-5-1)19(17-12-6-2-7-13-17)18-14-8-3-9-15-18;1-2;/h3*1-15H;1H;. The Morgan fingerprint density at radius 3 is 0.383 bits per heavy atom. The molecule has 0 radical (unpaired) electrons. The van der Waals surface area contributed by atoms with Crippen LogP contribution in [0.1, 0.15) is 0 Å². The van der Waals surface area contributed by atoms with Crippen molar-refractivity contribution in [2.75, 3.05) is 0 Å². The van der Waals surface area contributed by atoms with Gasteiger partial charge in [-0.2, -0.15) is 0 Å². The fraction of sp³-hybridized carbons (Fsp3) is 0. The van der Waals surface area contributed by atoms with E-state index in [1.807, 2.05) is 18.3 Å². The third kappa shape index (κ3) is 13.5. The predicted molar refractivity (Wildman–Crippen MR) is 259 cm³/mol. The van der Waals surface area contributed by atoms with Crippen LogP contribution in [-0.4, -0.2) is 48.8 Å². The summed E-state index contributed by atoms with van der Waals surface area (Å²) in [7, 11) is 0. The van der Waals surface area contributed by atoms with E-state index < -0.39 is 44.0 Å². The average molecular weight is 1050 g/mol. The zero-order valence-electron chi connectivity index (χ0n) is 33.1. The molecule has 0 heterocycles. The summed E-state index contributed by atoms with van der Waals surface area (Å²) in [5, 5.41) is 0. The van der Waals surface area contributed by atoms with Crippen molar-refractivity contribution in [1.29, 1.82) is 0 Å². The van der Waals surface area contributed by atoms with E-state index in [0.29, 0.717) is 4.88 Å². The molecule has 0 aliphatic rings. The van der Waals surface area contributed by atoms with E-state index in [1.165, 1.54) is 39.2 Å². The topological polar surface area (TPSA) is 17.1 Å². The van der Waals surface area contributed by atoms with Crippen molar-refractivity contribution in [1.82, 2.24) is 0 Å². The van der Waals surface area contributed by atoms with Gasteiger partial charge in [-0.3, -0.25) is 0 Å². The fourth-order valence-corrected chi connectivity index (χ4v) is 21.0. The van der Waals surface area contributed by atoms with Gasteiger partial charge in [0.25, 0.3) is 0 Å². The van der Waals surface area contributed by atoms with Gasteiger partial charge in [0, 0.05) is 0 Å².